The van der Waals surface area contributed by atoms with Gasteiger partial charge in [0.05, 0.1) is 29.3 Å². The number of halogens is 6. The number of carbonyl (C=O) groups is 2. The Balaban J connectivity index is 0.000000302. The van der Waals surface area contributed by atoms with Crippen LogP contribution in [0.4, 0.5) is 36.0 Å². The average Bonchev–Trinajstić information content (AvgIpc) is 3.33. The molecule has 0 N–H and O–H groups in total. The molecular formula is C47H61F6N5O14S4. The third-order valence-electron chi connectivity index (χ3n) is 10.6. The average molecular weight is 1160 g/mol. The van der Waals surface area contributed by atoms with Crippen LogP contribution in [0.3, 0.4) is 0 Å². The SMILES string of the molecule is C.CC(C)(C)OC(=O)N1CCC(C(F)S(=O)(=O)c2ccc(OC(F)F)nc2)CC1.CC(C)(C)OC(=O)N1CCC(CS(=O)(=O)c2ccc(OC(F)F)nc2)CC1.O=S(=O)(c1ccccc1)N(F)S(=O)(=O)c1ccccc1. The number of hydrogen-bond acceptors (Lipinski definition) is 16. The van der Waals surface area contributed by atoms with E-state index in [9.17, 15) is 69.7 Å². The molecule has 1 atom stereocenters. The number of hydrogen-bond donors (Lipinski definition) is 0. The third-order valence-corrected chi connectivity index (χ3v) is 18.0. The first kappa shape index (κ1) is 64.5. The van der Waals surface area contributed by atoms with Gasteiger partial charge in [-0.25, -0.2) is 57.6 Å². The number of benzene rings is 2. The smallest absolute Gasteiger partial charge is 0.410 e. The van der Waals surface area contributed by atoms with Crippen molar-refractivity contribution in [1.82, 2.24) is 23.7 Å². The molecule has 0 aliphatic carbocycles. The van der Waals surface area contributed by atoms with Crippen LogP contribution in [0.5, 0.6) is 11.8 Å². The van der Waals surface area contributed by atoms with Gasteiger partial charge in [0.1, 0.15) is 11.2 Å². The fraction of sp³-hybridized carbons (Fsp3) is 0.489. The number of ether oxygens (including phenoxy) is 4. The molecule has 0 spiro atoms. The second-order valence-corrected chi connectivity index (χ2v) is 26.4. The quantitative estimate of drug-likeness (QED) is 0.0844. The van der Waals surface area contributed by atoms with Gasteiger partial charge in [0.25, 0.3) is 20.0 Å². The number of amides is 2. The lowest BCUT2D eigenvalue weighted by molar-refractivity contribution is -0.0536. The predicted octanol–water partition coefficient (Wildman–Crippen LogP) is 9.09. The number of aromatic nitrogens is 2. The lowest BCUT2D eigenvalue weighted by Crippen LogP contribution is -2.44. The molecule has 2 aliphatic heterocycles. The molecule has 76 heavy (non-hydrogen) atoms. The number of piperidine rings is 2. The van der Waals surface area contributed by atoms with Crippen LogP contribution in [0.15, 0.2) is 117 Å². The Hall–Kier alpha value is -5.78. The first-order valence-electron chi connectivity index (χ1n) is 22.7. The van der Waals surface area contributed by atoms with Gasteiger partial charge in [0.2, 0.25) is 27.1 Å². The van der Waals surface area contributed by atoms with Crippen LogP contribution >= 0.6 is 0 Å². The number of alkyl halides is 5. The van der Waals surface area contributed by atoms with E-state index in [4.69, 9.17) is 9.47 Å². The summed E-state index contributed by atoms with van der Waals surface area (Å²) in [5.74, 6) is -1.80. The highest BCUT2D eigenvalue weighted by Crippen LogP contribution is 2.32. The molecule has 2 amide bonds. The monoisotopic (exact) mass is 1160 g/mol. The number of nitrogens with zero attached hydrogens (tertiary/aromatic N) is 5. The van der Waals surface area contributed by atoms with Gasteiger partial charge < -0.3 is 28.7 Å². The van der Waals surface area contributed by atoms with E-state index in [0.717, 1.165) is 54.9 Å². The zero-order valence-electron chi connectivity index (χ0n) is 41.3. The van der Waals surface area contributed by atoms with Gasteiger partial charge in [0, 0.05) is 56.6 Å². The van der Waals surface area contributed by atoms with Crippen molar-refractivity contribution in [2.45, 2.75) is 124 Å². The highest BCUT2D eigenvalue weighted by molar-refractivity contribution is 8.03. The minimum absolute atomic E-state index is 0. The van der Waals surface area contributed by atoms with E-state index in [1.807, 2.05) is 0 Å². The zero-order valence-corrected chi connectivity index (χ0v) is 44.6. The Kier molecular flexibility index (Phi) is 22.9. The summed E-state index contributed by atoms with van der Waals surface area (Å²) in [7, 11) is -17.5. The number of sulfone groups is 2. The van der Waals surface area contributed by atoms with E-state index in [0.29, 0.717) is 25.9 Å². The highest BCUT2D eigenvalue weighted by atomic mass is 32.3. The van der Waals surface area contributed by atoms with E-state index < -0.39 is 112 Å². The summed E-state index contributed by atoms with van der Waals surface area (Å²) in [6, 6.07) is 17.2. The number of likely N-dealkylation sites (tertiary alicyclic amines) is 2. The summed E-state index contributed by atoms with van der Waals surface area (Å²) in [6.45, 7) is 5.64. The van der Waals surface area contributed by atoms with Crippen molar-refractivity contribution < 1.29 is 88.6 Å². The fourth-order valence-electron chi connectivity index (χ4n) is 6.96. The molecular weight excluding hydrogens is 1100 g/mol. The van der Waals surface area contributed by atoms with Crippen molar-refractivity contribution in [1.29, 1.82) is 0 Å². The van der Waals surface area contributed by atoms with Crippen LogP contribution in [0.2, 0.25) is 0 Å². The van der Waals surface area contributed by atoms with Gasteiger partial charge in [-0.15, -0.1) is 4.48 Å². The van der Waals surface area contributed by atoms with Crippen LogP contribution in [0, 0.1) is 11.8 Å². The minimum atomic E-state index is -4.77. The first-order valence-corrected chi connectivity index (χ1v) is 28.8. The van der Waals surface area contributed by atoms with Crippen LogP contribution < -0.4 is 9.47 Å². The molecule has 2 fully saturated rings. The Labute approximate surface area is 439 Å². The summed E-state index contributed by atoms with van der Waals surface area (Å²) >= 11 is 0. The lowest BCUT2D eigenvalue weighted by atomic mass is 9.98. The molecule has 4 heterocycles. The molecule has 424 valence electrons. The molecule has 0 radical (unpaired) electrons. The van der Waals surface area contributed by atoms with E-state index in [1.165, 1.54) is 47.4 Å². The fourth-order valence-corrected chi connectivity index (χ4v) is 13.0. The third kappa shape index (κ3) is 19.0. The Bertz CT molecular complexity index is 2870. The van der Waals surface area contributed by atoms with Gasteiger partial charge in [-0.1, -0.05) is 43.8 Å². The van der Waals surface area contributed by atoms with Crippen molar-refractivity contribution in [3.63, 3.8) is 0 Å². The maximum atomic E-state index is 14.8. The molecule has 4 aromatic rings. The van der Waals surface area contributed by atoms with E-state index in [-0.39, 0.29) is 55.8 Å². The maximum Gasteiger partial charge on any atom is 0.410 e. The minimum Gasteiger partial charge on any atom is -0.444 e. The van der Waals surface area contributed by atoms with E-state index in [2.05, 4.69) is 19.4 Å². The van der Waals surface area contributed by atoms with Crippen LogP contribution in [0.1, 0.15) is 74.7 Å². The van der Waals surface area contributed by atoms with Gasteiger partial charge in [0.15, 0.2) is 9.84 Å². The summed E-state index contributed by atoms with van der Waals surface area (Å²) in [6.07, 6.45) is 2.26. The van der Waals surface area contributed by atoms with Crippen molar-refractivity contribution in [3.05, 3.63) is 97.3 Å². The van der Waals surface area contributed by atoms with Gasteiger partial charge in [-0.2, -0.15) is 17.6 Å². The Morgan fingerprint density at radius 1 is 0.579 bits per heavy atom. The number of carbonyl (C=O) groups excluding carboxylic acids is 2. The molecule has 19 nitrogen and oxygen atoms in total. The maximum absolute atomic E-state index is 14.8. The number of pyridine rings is 2. The molecule has 2 aromatic carbocycles. The Morgan fingerprint density at radius 2 is 0.947 bits per heavy atom. The van der Waals surface area contributed by atoms with Crippen LogP contribution in [0.25, 0.3) is 0 Å². The summed E-state index contributed by atoms with van der Waals surface area (Å²) in [5, 5.41) is 0. The lowest BCUT2D eigenvalue weighted by Gasteiger charge is -2.34. The largest absolute Gasteiger partial charge is 0.444 e. The molecule has 29 heteroatoms. The van der Waals surface area contributed by atoms with Crippen molar-refractivity contribution >= 4 is 51.9 Å². The second-order valence-electron chi connectivity index (χ2n) is 18.6. The van der Waals surface area contributed by atoms with Crippen LogP contribution in [-0.2, 0) is 49.2 Å². The summed E-state index contributed by atoms with van der Waals surface area (Å²) in [5.41, 5.74) is -3.44. The molecule has 1 unspecified atom stereocenters. The molecule has 2 saturated heterocycles. The highest BCUT2D eigenvalue weighted by Gasteiger charge is 2.40. The topological polar surface area (TPSA) is 243 Å². The molecule has 2 aliphatic rings. The van der Waals surface area contributed by atoms with Gasteiger partial charge >= 0.3 is 25.4 Å². The Morgan fingerprint density at radius 3 is 1.29 bits per heavy atom. The van der Waals surface area contributed by atoms with Crippen molar-refractivity contribution in [3.8, 4) is 11.8 Å². The predicted molar refractivity (Wildman–Crippen MR) is 264 cm³/mol. The second kappa shape index (κ2) is 27.0. The normalized spacial score (nSPS) is 15.6. The number of sulfonamides is 2. The molecule has 2 aromatic heterocycles. The van der Waals surface area contributed by atoms with Gasteiger partial charge in [-0.05, 0) is 110 Å². The van der Waals surface area contributed by atoms with E-state index in [1.54, 1.807) is 46.4 Å². The van der Waals surface area contributed by atoms with Crippen molar-refractivity contribution in [2.75, 3.05) is 31.9 Å². The number of rotatable bonds is 14. The van der Waals surface area contributed by atoms with Crippen LogP contribution in [-0.4, -0.2) is 131 Å². The first-order chi connectivity index (χ1) is 34.7. The molecule has 6 rings (SSSR count). The van der Waals surface area contributed by atoms with E-state index >= 15 is 0 Å². The molecule has 0 bridgehead atoms. The standard InChI is InChI=1S/C17H23F3N2O5S.C17H24F2N2O5S.C12H10FNO4S2.CH4/c1-17(2,3)27-16(23)22-8-6-11(7-9-22)14(18)28(24,25)12-4-5-13(21-10-12)26-15(19)20;1-17(2,3)26-16(22)21-8-6-12(7-9-21)11-27(23,24)13-4-5-14(20-10-13)25-15(18)19;13-14(19(15,16)11-7-3-1-4-8-11)20(17,18)12-9-5-2-6-10-12;/h4-5,10-11,14-15H,6-9H2,1-3H3;4-5,10,12,15H,6-9,11H2,1-3H3;1-10H;1H4. The summed E-state index contributed by atoms with van der Waals surface area (Å²) < 4.78 is 192. The van der Waals surface area contributed by atoms with Gasteiger partial charge in [-0.3, -0.25) is 0 Å². The van der Waals surface area contributed by atoms with Crippen molar-refractivity contribution in [2.24, 2.45) is 11.8 Å². The molecule has 0 saturated carbocycles. The summed E-state index contributed by atoms with van der Waals surface area (Å²) in [4.78, 5) is 32.8. The zero-order chi connectivity index (χ0) is 56.2.